The molecule has 1 aliphatic rings. The van der Waals surface area contributed by atoms with Crippen LogP contribution in [0.4, 0.5) is 4.39 Å². The SMILES string of the molecule is NC(=S)C1CCN(C(=O)c2ccc(F)cc2Cl)CC1. The summed E-state index contributed by atoms with van der Waals surface area (Å²) in [7, 11) is 0. The molecule has 3 nitrogen and oxygen atoms in total. The van der Waals surface area contributed by atoms with Crippen LogP contribution in [0, 0.1) is 11.7 Å². The zero-order valence-electron chi connectivity index (χ0n) is 10.2. The molecule has 102 valence electrons. The molecule has 1 aromatic carbocycles. The van der Waals surface area contributed by atoms with Crippen LogP contribution in [0.15, 0.2) is 18.2 Å². The van der Waals surface area contributed by atoms with Gasteiger partial charge in [-0.3, -0.25) is 4.79 Å². The Morgan fingerprint density at radius 3 is 2.58 bits per heavy atom. The van der Waals surface area contributed by atoms with Gasteiger partial charge in [-0.1, -0.05) is 23.8 Å². The average Bonchev–Trinajstić information content (AvgIpc) is 2.38. The van der Waals surface area contributed by atoms with Crippen LogP contribution in [0.2, 0.25) is 5.02 Å². The van der Waals surface area contributed by atoms with Crippen molar-refractivity contribution in [2.45, 2.75) is 12.8 Å². The van der Waals surface area contributed by atoms with Gasteiger partial charge in [-0.25, -0.2) is 4.39 Å². The highest BCUT2D eigenvalue weighted by Gasteiger charge is 2.26. The summed E-state index contributed by atoms with van der Waals surface area (Å²) in [4.78, 5) is 14.5. The largest absolute Gasteiger partial charge is 0.393 e. The Labute approximate surface area is 121 Å². The van der Waals surface area contributed by atoms with E-state index >= 15 is 0 Å². The van der Waals surface area contributed by atoms with Gasteiger partial charge in [0.15, 0.2) is 0 Å². The summed E-state index contributed by atoms with van der Waals surface area (Å²) in [6, 6.07) is 3.80. The molecule has 1 aliphatic heterocycles. The molecule has 6 heteroatoms. The van der Waals surface area contributed by atoms with Crippen LogP contribution in [0.1, 0.15) is 23.2 Å². The molecule has 0 spiro atoms. The second-order valence-corrected chi connectivity index (χ2v) is 5.47. The van der Waals surface area contributed by atoms with Gasteiger partial charge in [-0.2, -0.15) is 0 Å². The van der Waals surface area contributed by atoms with E-state index in [-0.39, 0.29) is 16.8 Å². The van der Waals surface area contributed by atoms with Gasteiger partial charge in [-0.05, 0) is 31.0 Å². The van der Waals surface area contributed by atoms with Crippen LogP contribution < -0.4 is 5.73 Å². The molecule has 0 bridgehead atoms. The minimum atomic E-state index is -0.450. The number of hydrogen-bond acceptors (Lipinski definition) is 2. The van der Waals surface area contributed by atoms with Gasteiger partial charge in [0, 0.05) is 19.0 Å². The fourth-order valence-corrected chi connectivity index (χ4v) is 2.68. The molecule has 0 unspecified atom stereocenters. The fraction of sp³-hybridized carbons (Fsp3) is 0.385. The predicted molar refractivity (Wildman–Crippen MR) is 76.8 cm³/mol. The number of likely N-dealkylation sites (tertiary alicyclic amines) is 1. The minimum Gasteiger partial charge on any atom is -0.393 e. The Kier molecular flexibility index (Phi) is 4.37. The maximum Gasteiger partial charge on any atom is 0.255 e. The summed E-state index contributed by atoms with van der Waals surface area (Å²) < 4.78 is 13.0. The molecule has 0 aromatic heterocycles. The van der Waals surface area contributed by atoms with Gasteiger partial charge in [0.25, 0.3) is 5.91 Å². The first-order valence-electron chi connectivity index (χ1n) is 6.02. The lowest BCUT2D eigenvalue weighted by molar-refractivity contribution is 0.0710. The fourth-order valence-electron chi connectivity index (χ4n) is 2.20. The minimum absolute atomic E-state index is 0.140. The molecular weight excluding hydrogens is 287 g/mol. The van der Waals surface area contributed by atoms with Crippen molar-refractivity contribution in [3.63, 3.8) is 0 Å². The van der Waals surface area contributed by atoms with Crippen molar-refractivity contribution in [3.05, 3.63) is 34.6 Å². The maximum atomic E-state index is 13.0. The van der Waals surface area contributed by atoms with Crippen molar-refractivity contribution in [1.29, 1.82) is 0 Å². The smallest absolute Gasteiger partial charge is 0.255 e. The summed E-state index contributed by atoms with van der Waals surface area (Å²) in [6.45, 7) is 1.18. The van der Waals surface area contributed by atoms with E-state index in [2.05, 4.69) is 0 Å². The van der Waals surface area contributed by atoms with Gasteiger partial charge >= 0.3 is 0 Å². The highest BCUT2D eigenvalue weighted by molar-refractivity contribution is 7.80. The van der Waals surface area contributed by atoms with Gasteiger partial charge in [0.05, 0.1) is 15.6 Å². The van der Waals surface area contributed by atoms with Crippen molar-refractivity contribution >= 4 is 34.7 Å². The molecule has 0 aliphatic carbocycles. The Balaban J connectivity index is 2.07. The van der Waals surface area contributed by atoms with Crippen LogP contribution in [-0.4, -0.2) is 28.9 Å². The van der Waals surface area contributed by atoms with Gasteiger partial charge < -0.3 is 10.6 Å². The molecule has 2 rings (SSSR count). The molecule has 1 saturated heterocycles. The second kappa shape index (κ2) is 5.84. The number of hydrogen-bond donors (Lipinski definition) is 1. The third kappa shape index (κ3) is 3.22. The summed E-state index contributed by atoms with van der Waals surface area (Å²) in [6.07, 6.45) is 1.53. The Hall–Kier alpha value is -1.20. The van der Waals surface area contributed by atoms with Crippen molar-refractivity contribution in [3.8, 4) is 0 Å². The third-order valence-electron chi connectivity index (χ3n) is 3.35. The van der Waals surface area contributed by atoms with E-state index in [1.807, 2.05) is 0 Å². The highest BCUT2D eigenvalue weighted by Crippen LogP contribution is 2.23. The first-order chi connectivity index (χ1) is 8.99. The number of rotatable bonds is 2. The van der Waals surface area contributed by atoms with E-state index in [1.54, 1.807) is 4.90 Å². The van der Waals surface area contributed by atoms with Crippen molar-refractivity contribution in [2.75, 3.05) is 13.1 Å². The summed E-state index contributed by atoms with van der Waals surface area (Å²) in [5.74, 6) is -0.428. The number of carbonyl (C=O) groups is 1. The second-order valence-electron chi connectivity index (χ2n) is 4.59. The number of nitrogens with two attached hydrogens (primary N) is 1. The van der Waals surface area contributed by atoms with Gasteiger partial charge in [0.1, 0.15) is 5.82 Å². The topological polar surface area (TPSA) is 46.3 Å². The Morgan fingerprint density at radius 1 is 1.42 bits per heavy atom. The zero-order chi connectivity index (χ0) is 14.0. The lowest BCUT2D eigenvalue weighted by atomic mass is 9.96. The van der Waals surface area contributed by atoms with Crippen LogP contribution in [0.25, 0.3) is 0 Å². The van der Waals surface area contributed by atoms with E-state index < -0.39 is 5.82 Å². The first-order valence-corrected chi connectivity index (χ1v) is 6.81. The molecule has 1 heterocycles. The number of nitrogens with zero attached hydrogens (tertiary/aromatic N) is 1. The maximum absolute atomic E-state index is 13.0. The van der Waals surface area contributed by atoms with Gasteiger partial charge in [-0.15, -0.1) is 0 Å². The Morgan fingerprint density at radius 2 is 2.05 bits per heavy atom. The normalized spacial score (nSPS) is 16.4. The monoisotopic (exact) mass is 300 g/mol. The molecule has 1 amide bonds. The number of carbonyl (C=O) groups excluding carboxylic acids is 1. The Bertz CT molecular complexity index is 515. The van der Waals surface area contributed by atoms with Crippen molar-refractivity contribution in [2.24, 2.45) is 11.7 Å². The number of thiocarbonyl (C=S) groups is 1. The van der Waals surface area contributed by atoms with Gasteiger partial charge in [0.2, 0.25) is 0 Å². The summed E-state index contributed by atoms with van der Waals surface area (Å²) >= 11 is 10.9. The van der Waals surface area contributed by atoms with Crippen LogP contribution in [-0.2, 0) is 0 Å². The quantitative estimate of drug-likeness (QED) is 0.854. The van der Waals surface area contributed by atoms with E-state index in [1.165, 1.54) is 12.1 Å². The number of amides is 1. The average molecular weight is 301 g/mol. The number of benzene rings is 1. The molecule has 19 heavy (non-hydrogen) atoms. The molecule has 0 atom stereocenters. The standard InChI is InChI=1S/C13H14ClFN2OS/c14-11-7-9(15)1-2-10(11)13(18)17-5-3-8(4-6-17)12(16)19/h1-2,7-8H,3-6H2,(H2,16,19). The number of piperidine rings is 1. The van der Waals surface area contributed by atoms with E-state index in [0.717, 1.165) is 18.9 Å². The van der Waals surface area contributed by atoms with Crippen molar-refractivity contribution in [1.82, 2.24) is 4.90 Å². The van der Waals surface area contributed by atoms with Crippen LogP contribution in [0.5, 0.6) is 0 Å². The number of halogens is 2. The zero-order valence-corrected chi connectivity index (χ0v) is 11.8. The van der Waals surface area contributed by atoms with Crippen molar-refractivity contribution < 1.29 is 9.18 Å². The lowest BCUT2D eigenvalue weighted by Gasteiger charge is -2.31. The predicted octanol–water partition coefficient (Wildman–Crippen LogP) is 2.62. The first kappa shape index (κ1) is 14.2. The molecule has 1 fully saturated rings. The third-order valence-corrected chi connectivity index (χ3v) is 3.99. The summed E-state index contributed by atoms with van der Waals surface area (Å²) in [5, 5.41) is 0.140. The van der Waals surface area contributed by atoms with E-state index in [0.29, 0.717) is 23.6 Å². The van der Waals surface area contributed by atoms with E-state index in [4.69, 9.17) is 29.6 Å². The molecular formula is C13H14ClFN2OS. The van der Waals surface area contributed by atoms with Crippen LogP contribution in [0.3, 0.4) is 0 Å². The molecule has 0 saturated carbocycles. The molecule has 1 aromatic rings. The lowest BCUT2D eigenvalue weighted by Crippen LogP contribution is -2.41. The molecule has 2 N–H and O–H groups in total. The molecule has 0 radical (unpaired) electrons. The highest BCUT2D eigenvalue weighted by atomic mass is 35.5. The summed E-state index contributed by atoms with van der Waals surface area (Å²) in [5.41, 5.74) is 5.94. The van der Waals surface area contributed by atoms with E-state index in [9.17, 15) is 9.18 Å². The van der Waals surface area contributed by atoms with Crippen LogP contribution >= 0.6 is 23.8 Å².